The standard InChI is InChI=1S/C23H25N7OS/c1-15(2)18-7-11-20(12-8-18)30-23(25-27-28-30)32-14-22(31)24-21-13-17(4)26-29(21)19-9-5-16(3)6-10-19/h5-13,15H,14H2,1-4H3,(H,24,31). The van der Waals surface area contributed by atoms with Gasteiger partial charge in [-0.2, -0.15) is 9.78 Å². The Morgan fingerprint density at radius 3 is 2.34 bits per heavy atom. The highest BCUT2D eigenvalue weighted by Gasteiger charge is 2.15. The molecular weight excluding hydrogens is 422 g/mol. The lowest BCUT2D eigenvalue weighted by molar-refractivity contribution is -0.113. The van der Waals surface area contributed by atoms with Crippen LogP contribution in [-0.4, -0.2) is 41.6 Å². The van der Waals surface area contributed by atoms with Gasteiger partial charge in [-0.05, 0) is 60.0 Å². The molecule has 0 spiro atoms. The highest BCUT2D eigenvalue weighted by atomic mass is 32.2. The number of aryl methyl sites for hydroxylation is 2. The van der Waals surface area contributed by atoms with Crippen molar-refractivity contribution in [2.24, 2.45) is 0 Å². The number of benzene rings is 2. The number of nitrogens with zero attached hydrogens (tertiary/aromatic N) is 6. The first kappa shape index (κ1) is 21.8. The average molecular weight is 448 g/mol. The molecule has 0 aliphatic rings. The average Bonchev–Trinajstić information content (AvgIpc) is 3.39. The highest BCUT2D eigenvalue weighted by molar-refractivity contribution is 7.99. The second-order valence-electron chi connectivity index (χ2n) is 7.87. The van der Waals surface area contributed by atoms with Gasteiger partial charge < -0.3 is 5.32 Å². The summed E-state index contributed by atoms with van der Waals surface area (Å²) in [6.07, 6.45) is 0. The zero-order valence-electron chi connectivity index (χ0n) is 18.5. The minimum Gasteiger partial charge on any atom is -0.310 e. The van der Waals surface area contributed by atoms with Crippen molar-refractivity contribution in [1.29, 1.82) is 0 Å². The summed E-state index contributed by atoms with van der Waals surface area (Å²) < 4.78 is 3.38. The van der Waals surface area contributed by atoms with Gasteiger partial charge in [-0.3, -0.25) is 4.79 Å². The molecule has 1 amide bonds. The summed E-state index contributed by atoms with van der Waals surface area (Å²) >= 11 is 1.28. The number of rotatable bonds is 7. The fourth-order valence-electron chi connectivity index (χ4n) is 3.21. The van der Waals surface area contributed by atoms with Crippen LogP contribution in [0, 0.1) is 13.8 Å². The first-order chi connectivity index (χ1) is 15.4. The molecule has 8 nitrogen and oxygen atoms in total. The molecule has 0 unspecified atom stereocenters. The third kappa shape index (κ3) is 4.88. The van der Waals surface area contributed by atoms with Gasteiger partial charge in [0.05, 0.1) is 22.8 Å². The zero-order valence-corrected chi connectivity index (χ0v) is 19.3. The molecule has 4 rings (SSSR count). The molecule has 0 radical (unpaired) electrons. The van der Waals surface area contributed by atoms with Crippen LogP contribution in [0.2, 0.25) is 0 Å². The first-order valence-corrected chi connectivity index (χ1v) is 11.3. The van der Waals surface area contributed by atoms with Crippen LogP contribution < -0.4 is 5.32 Å². The second kappa shape index (κ2) is 9.35. The van der Waals surface area contributed by atoms with Crippen molar-refractivity contribution in [2.75, 3.05) is 11.1 Å². The van der Waals surface area contributed by atoms with E-state index in [1.54, 1.807) is 9.36 Å². The summed E-state index contributed by atoms with van der Waals surface area (Å²) in [5.41, 5.74) is 4.98. The Hall–Kier alpha value is -3.46. The van der Waals surface area contributed by atoms with Crippen LogP contribution in [0.5, 0.6) is 0 Å². The van der Waals surface area contributed by atoms with Crippen LogP contribution in [0.1, 0.15) is 36.6 Å². The van der Waals surface area contributed by atoms with Crippen LogP contribution in [-0.2, 0) is 4.79 Å². The maximum Gasteiger partial charge on any atom is 0.236 e. The summed E-state index contributed by atoms with van der Waals surface area (Å²) in [6.45, 7) is 8.23. The lowest BCUT2D eigenvalue weighted by Crippen LogP contribution is -2.17. The van der Waals surface area contributed by atoms with Gasteiger partial charge in [-0.15, -0.1) is 5.10 Å². The molecule has 0 atom stereocenters. The van der Waals surface area contributed by atoms with E-state index in [0.29, 0.717) is 16.9 Å². The molecule has 2 aromatic heterocycles. The van der Waals surface area contributed by atoms with E-state index in [0.717, 1.165) is 22.6 Å². The van der Waals surface area contributed by atoms with E-state index in [-0.39, 0.29) is 11.7 Å². The Bertz CT molecular complexity index is 1210. The van der Waals surface area contributed by atoms with Crippen LogP contribution in [0.4, 0.5) is 5.82 Å². The number of amides is 1. The Labute approximate surface area is 191 Å². The van der Waals surface area contributed by atoms with Gasteiger partial charge in [0.15, 0.2) is 0 Å². The fraction of sp³-hybridized carbons (Fsp3) is 0.261. The molecule has 2 heterocycles. The molecule has 32 heavy (non-hydrogen) atoms. The van der Waals surface area contributed by atoms with Gasteiger partial charge in [-0.25, -0.2) is 4.68 Å². The molecular formula is C23H25N7OS. The van der Waals surface area contributed by atoms with E-state index in [1.165, 1.54) is 17.3 Å². The summed E-state index contributed by atoms with van der Waals surface area (Å²) in [7, 11) is 0. The number of hydrogen-bond acceptors (Lipinski definition) is 6. The van der Waals surface area contributed by atoms with Crippen molar-refractivity contribution in [3.05, 3.63) is 71.4 Å². The molecule has 2 aromatic carbocycles. The number of anilines is 1. The zero-order chi connectivity index (χ0) is 22.7. The molecule has 0 fully saturated rings. The van der Waals surface area contributed by atoms with Gasteiger partial charge in [-0.1, -0.05) is 55.4 Å². The SMILES string of the molecule is Cc1ccc(-n2nc(C)cc2NC(=O)CSc2nnnn2-c2ccc(C(C)C)cc2)cc1. The number of tetrazole rings is 1. The lowest BCUT2D eigenvalue weighted by Gasteiger charge is -2.10. The highest BCUT2D eigenvalue weighted by Crippen LogP contribution is 2.22. The second-order valence-corrected chi connectivity index (χ2v) is 8.82. The van der Waals surface area contributed by atoms with E-state index < -0.39 is 0 Å². The quantitative estimate of drug-likeness (QED) is 0.424. The van der Waals surface area contributed by atoms with Crippen LogP contribution >= 0.6 is 11.8 Å². The molecule has 9 heteroatoms. The van der Waals surface area contributed by atoms with Gasteiger partial charge in [0.2, 0.25) is 11.1 Å². The van der Waals surface area contributed by atoms with Crippen LogP contribution in [0.3, 0.4) is 0 Å². The number of thioether (sulfide) groups is 1. The van der Waals surface area contributed by atoms with E-state index in [4.69, 9.17) is 0 Å². The van der Waals surface area contributed by atoms with Crippen molar-refractivity contribution in [3.63, 3.8) is 0 Å². The first-order valence-electron chi connectivity index (χ1n) is 10.4. The Morgan fingerprint density at radius 2 is 1.66 bits per heavy atom. The molecule has 0 aliphatic carbocycles. The predicted octanol–water partition coefficient (Wildman–Crippen LogP) is 4.32. The number of hydrogen-bond donors (Lipinski definition) is 1. The van der Waals surface area contributed by atoms with Gasteiger partial charge in [0.1, 0.15) is 5.82 Å². The smallest absolute Gasteiger partial charge is 0.236 e. The van der Waals surface area contributed by atoms with Gasteiger partial charge in [0.25, 0.3) is 0 Å². The summed E-state index contributed by atoms with van der Waals surface area (Å²) in [4.78, 5) is 12.7. The maximum atomic E-state index is 12.7. The summed E-state index contributed by atoms with van der Waals surface area (Å²) in [6, 6.07) is 17.9. The molecule has 0 saturated heterocycles. The topological polar surface area (TPSA) is 90.5 Å². The van der Waals surface area contributed by atoms with Gasteiger partial charge >= 0.3 is 0 Å². The maximum absolute atomic E-state index is 12.7. The molecule has 0 bridgehead atoms. The monoisotopic (exact) mass is 447 g/mol. The van der Waals surface area contributed by atoms with Gasteiger partial charge in [0, 0.05) is 6.07 Å². The van der Waals surface area contributed by atoms with Crippen molar-refractivity contribution >= 4 is 23.5 Å². The van der Waals surface area contributed by atoms with E-state index in [1.807, 2.05) is 56.3 Å². The number of aromatic nitrogens is 6. The van der Waals surface area contributed by atoms with Crippen molar-refractivity contribution < 1.29 is 4.79 Å². The minimum absolute atomic E-state index is 0.159. The Balaban J connectivity index is 1.44. The number of nitrogens with one attached hydrogen (secondary N) is 1. The predicted molar refractivity (Wildman–Crippen MR) is 126 cm³/mol. The third-order valence-electron chi connectivity index (χ3n) is 4.96. The van der Waals surface area contributed by atoms with E-state index >= 15 is 0 Å². The number of carbonyl (C=O) groups is 1. The largest absolute Gasteiger partial charge is 0.310 e. The Morgan fingerprint density at radius 1 is 1.00 bits per heavy atom. The van der Waals surface area contributed by atoms with Crippen molar-refractivity contribution in [3.8, 4) is 11.4 Å². The molecule has 0 aliphatic heterocycles. The third-order valence-corrected chi connectivity index (χ3v) is 5.87. The lowest BCUT2D eigenvalue weighted by atomic mass is 10.0. The number of carbonyl (C=O) groups excluding carboxylic acids is 1. The molecule has 0 saturated carbocycles. The Kier molecular flexibility index (Phi) is 6.36. The van der Waals surface area contributed by atoms with Crippen molar-refractivity contribution in [2.45, 2.75) is 38.8 Å². The molecule has 1 N–H and O–H groups in total. The molecule has 164 valence electrons. The molecule has 4 aromatic rings. The van der Waals surface area contributed by atoms with E-state index in [2.05, 4.69) is 51.9 Å². The normalized spacial score (nSPS) is 11.2. The van der Waals surface area contributed by atoms with E-state index in [9.17, 15) is 4.79 Å². The summed E-state index contributed by atoms with van der Waals surface area (Å²) in [5, 5.41) is 19.9. The van der Waals surface area contributed by atoms with Crippen LogP contribution in [0.15, 0.2) is 59.8 Å². The van der Waals surface area contributed by atoms with Crippen molar-refractivity contribution in [1.82, 2.24) is 30.0 Å². The fourth-order valence-corrected chi connectivity index (χ4v) is 3.90. The van der Waals surface area contributed by atoms with Crippen LogP contribution in [0.25, 0.3) is 11.4 Å². The summed E-state index contributed by atoms with van der Waals surface area (Å²) in [5.74, 6) is 1.09. The minimum atomic E-state index is -0.159.